The van der Waals surface area contributed by atoms with E-state index in [2.05, 4.69) is 0 Å². The van der Waals surface area contributed by atoms with Gasteiger partial charge in [0.1, 0.15) is 5.75 Å². The maximum atomic E-state index is 11.8. The molecular weight excluding hydrogens is 192 g/mol. The zero-order valence-corrected chi connectivity index (χ0v) is 8.28. The molecule has 0 radical (unpaired) electrons. The molecule has 2 rings (SSSR count). The molecule has 0 atom stereocenters. The van der Waals surface area contributed by atoms with Crippen LogP contribution < -0.4 is 0 Å². The van der Waals surface area contributed by atoms with E-state index in [9.17, 15) is 14.7 Å². The molecule has 1 aromatic rings. The summed E-state index contributed by atoms with van der Waals surface area (Å²) in [5, 5.41) is 9.50. The minimum Gasteiger partial charge on any atom is -0.507 e. The van der Waals surface area contributed by atoms with Crippen LogP contribution in [0.3, 0.4) is 0 Å². The second kappa shape index (κ2) is 3.35. The third-order valence-corrected chi connectivity index (χ3v) is 2.51. The molecule has 0 saturated carbocycles. The lowest BCUT2D eigenvalue weighted by Gasteiger charge is -2.14. The molecule has 3 nitrogen and oxygen atoms in total. The predicted octanol–water partition coefficient (Wildman–Crippen LogP) is 2.11. The summed E-state index contributed by atoms with van der Waals surface area (Å²) in [5.41, 5.74) is 0.928. The fourth-order valence-corrected chi connectivity index (χ4v) is 1.72. The Kier molecular flexibility index (Phi) is 2.15. The molecular formula is C12H10O3. The number of benzene rings is 1. The standard InChI is InChI=1S/C12H10O3/c1-2-7-6-10(14)11-8(12(7)15)4-3-5-9(11)13/h3-6,13H,2H2,1H3. The topological polar surface area (TPSA) is 54.4 Å². The van der Waals surface area contributed by atoms with Crippen LogP contribution in [0, 0.1) is 0 Å². The highest BCUT2D eigenvalue weighted by atomic mass is 16.3. The number of rotatable bonds is 1. The minimum atomic E-state index is -0.292. The number of aromatic hydroxyl groups is 1. The first-order valence-electron chi connectivity index (χ1n) is 4.76. The molecule has 1 aromatic carbocycles. The maximum absolute atomic E-state index is 11.8. The van der Waals surface area contributed by atoms with Crippen molar-refractivity contribution < 1.29 is 14.7 Å². The van der Waals surface area contributed by atoms with Crippen LogP contribution in [0.5, 0.6) is 5.75 Å². The third kappa shape index (κ3) is 1.36. The molecule has 0 saturated heterocycles. The highest BCUT2D eigenvalue weighted by molar-refractivity contribution is 6.25. The summed E-state index contributed by atoms with van der Waals surface area (Å²) in [5.74, 6) is -0.584. The van der Waals surface area contributed by atoms with Crippen LogP contribution in [-0.4, -0.2) is 16.7 Å². The molecule has 3 heteroatoms. The first kappa shape index (κ1) is 9.65. The molecule has 0 aromatic heterocycles. The second-order valence-electron chi connectivity index (χ2n) is 3.42. The zero-order valence-electron chi connectivity index (χ0n) is 8.28. The number of ketones is 2. The van der Waals surface area contributed by atoms with Gasteiger partial charge in [0.25, 0.3) is 0 Å². The van der Waals surface area contributed by atoms with Gasteiger partial charge in [0.05, 0.1) is 5.56 Å². The second-order valence-corrected chi connectivity index (χ2v) is 3.42. The van der Waals surface area contributed by atoms with Gasteiger partial charge in [-0.05, 0) is 18.6 Å². The first-order valence-corrected chi connectivity index (χ1v) is 4.76. The van der Waals surface area contributed by atoms with Gasteiger partial charge in [0.15, 0.2) is 11.6 Å². The van der Waals surface area contributed by atoms with E-state index in [0.29, 0.717) is 17.6 Å². The maximum Gasteiger partial charge on any atom is 0.190 e. The van der Waals surface area contributed by atoms with E-state index >= 15 is 0 Å². The van der Waals surface area contributed by atoms with Crippen molar-refractivity contribution in [2.24, 2.45) is 0 Å². The lowest BCUT2D eigenvalue weighted by atomic mass is 9.88. The van der Waals surface area contributed by atoms with Gasteiger partial charge in [0, 0.05) is 11.1 Å². The van der Waals surface area contributed by atoms with Crippen molar-refractivity contribution in [2.75, 3.05) is 0 Å². The summed E-state index contributed by atoms with van der Waals surface area (Å²) in [6, 6.07) is 4.55. The van der Waals surface area contributed by atoms with E-state index in [4.69, 9.17) is 0 Å². The summed E-state index contributed by atoms with van der Waals surface area (Å²) in [4.78, 5) is 23.4. The van der Waals surface area contributed by atoms with E-state index in [1.807, 2.05) is 6.92 Å². The molecule has 1 aliphatic carbocycles. The number of allylic oxidation sites excluding steroid dienone is 2. The molecule has 0 fully saturated rings. The van der Waals surface area contributed by atoms with Crippen LogP contribution in [0.2, 0.25) is 0 Å². The fraction of sp³-hybridized carbons (Fsp3) is 0.167. The Labute approximate surface area is 87.0 Å². The molecule has 0 heterocycles. The van der Waals surface area contributed by atoms with Gasteiger partial charge in [-0.1, -0.05) is 19.1 Å². The van der Waals surface area contributed by atoms with Gasteiger partial charge in [0.2, 0.25) is 0 Å². The van der Waals surface area contributed by atoms with Gasteiger partial charge in [-0.2, -0.15) is 0 Å². The Hall–Kier alpha value is -1.90. The number of carbonyl (C=O) groups is 2. The number of fused-ring (bicyclic) bond motifs is 1. The van der Waals surface area contributed by atoms with Crippen LogP contribution in [0.25, 0.3) is 0 Å². The average Bonchev–Trinajstić information content (AvgIpc) is 2.23. The third-order valence-electron chi connectivity index (χ3n) is 2.51. The molecule has 0 amide bonds. The molecule has 0 bridgehead atoms. The Bertz CT molecular complexity index is 484. The lowest BCUT2D eigenvalue weighted by Crippen LogP contribution is -2.16. The van der Waals surface area contributed by atoms with Gasteiger partial charge >= 0.3 is 0 Å². The Morgan fingerprint density at radius 2 is 2.00 bits per heavy atom. The quantitative estimate of drug-likeness (QED) is 0.758. The van der Waals surface area contributed by atoms with Crippen molar-refractivity contribution in [3.63, 3.8) is 0 Å². The number of Topliss-reactive ketones (excluding diaryl/α,β-unsaturated/α-hetero) is 1. The van der Waals surface area contributed by atoms with Crippen molar-refractivity contribution >= 4 is 11.6 Å². The van der Waals surface area contributed by atoms with Crippen molar-refractivity contribution in [2.45, 2.75) is 13.3 Å². The van der Waals surface area contributed by atoms with Crippen molar-refractivity contribution in [3.8, 4) is 5.75 Å². The van der Waals surface area contributed by atoms with Crippen molar-refractivity contribution in [3.05, 3.63) is 41.0 Å². The summed E-state index contributed by atoms with van der Waals surface area (Å²) in [7, 11) is 0. The first-order chi connectivity index (χ1) is 7.15. The van der Waals surface area contributed by atoms with Crippen LogP contribution in [0.4, 0.5) is 0 Å². The highest BCUT2D eigenvalue weighted by Gasteiger charge is 2.26. The molecule has 76 valence electrons. The van der Waals surface area contributed by atoms with Crippen molar-refractivity contribution in [1.29, 1.82) is 0 Å². The average molecular weight is 202 g/mol. The Morgan fingerprint density at radius 1 is 1.27 bits per heavy atom. The normalized spacial score (nSPS) is 14.9. The van der Waals surface area contributed by atoms with E-state index < -0.39 is 0 Å². The number of hydrogen-bond donors (Lipinski definition) is 1. The lowest BCUT2D eigenvalue weighted by molar-refractivity contribution is 0.0980. The molecule has 15 heavy (non-hydrogen) atoms. The largest absolute Gasteiger partial charge is 0.507 e. The SMILES string of the molecule is CCC1=CC(=O)c2c(O)cccc2C1=O. The van der Waals surface area contributed by atoms with E-state index in [1.165, 1.54) is 12.1 Å². The summed E-state index contributed by atoms with van der Waals surface area (Å²) < 4.78 is 0. The molecule has 1 N–H and O–H groups in total. The van der Waals surface area contributed by atoms with Gasteiger partial charge < -0.3 is 5.11 Å². The smallest absolute Gasteiger partial charge is 0.190 e. The van der Waals surface area contributed by atoms with E-state index in [-0.39, 0.29) is 22.9 Å². The molecule has 0 unspecified atom stereocenters. The van der Waals surface area contributed by atoms with Gasteiger partial charge in [-0.25, -0.2) is 0 Å². The molecule has 0 aliphatic heterocycles. The van der Waals surface area contributed by atoms with E-state index in [1.54, 1.807) is 12.1 Å². The minimum absolute atomic E-state index is 0.125. The summed E-state index contributed by atoms with van der Waals surface area (Å²) in [6.07, 6.45) is 1.84. The van der Waals surface area contributed by atoms with E-state index in [0.717, 1.165) is 0 Å². The molecule has 0 spiro atoms. The highest BCUT2D eigenvalue weighted by Crippen LogP contribution is 2.28. The number of phenols is 1. The summed E-state index contributed by atoms with van der Waals surface area (Å²) >= 11 is 0. The summed E-state index contributed by atoms with van der Waals surface area (Å²) in [6.45, 7) is 1.82. The number of carbonyl (C=O) groups excluding carboxylic acids is 2. The van der Waals surface area contributed by atoms with Crippen LogP contribution in [0.1, 0.15) is 34.1 Å². The monoisotopic (exact) mass is 202 g/mol. The van der Waals surface area contributed by atoms with Crippen LogP contribution >= 0.6 is 0 Å². The number of hydrogen-bond acceptors (Lipinski definition) is 3. The molecule has 1 aliphatic rings. The fourth-order valence-electron chi connectivity index (χ4n) is 1.72. The zero-order chi connectivity index (χ0) is 11.0. The van der Waals surface area contributed by atoms with Crippen LogP contribution in [0.15, 0.2) is 29.8 Å². The van der Waals surface area contributed by atoms with Gasteiger partial charge in [-0.3, -0.25) is 9.59 Å². The Morgan fingerprint density at radius 3 is 2.67 bits per heavy atom. The van der Waals surface area contributed by atoms with Crippen molar-refractivity contribution in [1.82, 2.24) is 0 Å². The van der Waals surface area contributed by atoms with Gasteiger partial charge in [-0.15, -0.1) is 0 Å². The number of phenolic OH excluding ortho intramolecular Hbond substituents is 1. The Balaban J connectivity index is 2.67. The predicted molar refractivity (Wildman–Crippen MR) is 55.1 cm³/mol. The van der Waals surface area contributed by atoms with Crippen LogP contribution in [-0.2, 0) is 0 Å².